The van der Waals surface area contributed by atoms with E-state index in [1.807, 2.05) is 0 Å². The summed E-state index contributed by atoms with van der Waals surface area (Å²) < 4.78 is 0. The third-order valence-corrected chi connectivity index (χ3v) is 2.68. The van der Waals surface area contributed by atoms with E-state index >= 15 is 0 Å². The predicted molar refractivity (Wildman–Crippen MR) is 53.3 cm³/mol. The smallest absolute Gasteiger partial charge is 0.324 e. The molecule has 0 fully saturated rings. The Balaban J connectivity index is 3.02. The topological polar surface area (TPSA) is 57.5 Å². The maximum atomic E-state index is 10.6. The van der Waals surface area contributed by atoms with Gasteiger partial charge < -0.3 is 10.2 Å². The molecule has 0 heterocycles. The molecule has 0 saturated carbocycles. The molecule has 2 unspecified atom stereocenters. The molecule has 0 saturated heterocycles. The van der Waals surface area contributed by atoms with E-state index in [4.69, 9.17) is 16.7 Å². The number of hydrogen-bond donors (Lipinski definition) is 2. The molecular weight excluding hydrogens is 204 g/mol. The van der Waals surface area contributed by atoms with Crippen LogP contribution in [0.25, 0.3) is 0 Å². The highest BCUT2D eigenvalue weighted by atomic mass is 35.5. The molecule has 0 amide bonds. The molecule has 3 nitrogen and oxygen atoms in total. The number of alkyl halides is 1. The lowest BCUT2D eigenvalue weighted by molar-refractivity contribution is -0.141. The van der Waals surface area contributed by atoms with Crippen LogP contribution in [-0.4, -0.2) is 21.6 Å². The average molecular weight is 215 g/mol. The van der Waals surface area contributed by atoms with E-state index in [1.165, 1.54) is 6.92 Å². The van der Waals surface area contributed by atoms with E-state index in [1.54, 1.807) is 30.3 Å². The molecule has 4 heteroatoms. The zero-order valence-electron chi connectivity index (χ0n) is 7.64. The summed E-state index contributed by atoms with van der Waals surface area (Å²) in [5.74, 6) is -1.24. The Morgan fingerprint density at radius 1 is 1.43 bits per heavy atom. The van der Waals surface area contributed by atoms with Gasteiger partial charge in [0.1, 0.15) is 5.60 Å². The Labute approximate surface area is 86.9 Å². The van der Waals surface area contributed by atoms with Gasteiger partial charge in [0.15, 0.2) is 5.38 Å². The van der Waals surface area contributed by atoms with Crippen molar-refractivity contribution in [3.05, 3.63) is 35.9 Å². The van der Waals surface area contributed by atoms with Crippen LogP contribution in [0.2, 0.25) is 0 Å². The van der Waals surface area contributed by atoms with Gasteiger partial charge in [-0.2, -0.15) is 0 Å². The van der Waals surface area contributed by atoms with Gasteiger partial charge in [-0.3, -0.25) is 4.79 Å². The largest absolute Gasteiger partial charge is 0.480 e. The van der Waals surface area contributed by atoms with Crippen LogP contribution in [0.1, 0.15) is 12.5 Å². The van der Waals surface area contributed by atoms with Gasteiger partial charge in [-0.05, 0) is 12.5 Å². The van der Waals surface area contributed by atoms with Crippen molar-refractivity contribution in [2.75, 3.05) is 0 Å². The summed E-state index contributed by atoms with van der Waals surface area (Å²) in [7, 11) is 0. The molecule has 0 bridgehead atoms. The predicted octanol–water partition coefficient (Wildman–Crippen LogP) is 1.59. The van der Waals surface area contributed by atoms with E-state index in [-0.39, 0.29) is 0 Å². The first-order chi connectivity index (χ1) is 6.46. The minimum Gasteiger partial charge on any atom is -0.480 e. The fourth-order valence-electron chi connectivity index (χ4n) is 1.16. The zero-order valence-corrected chi connectivity index (χ0v) is 8.40. The third-order valence-electron chi connectivity index (χ3n) is 2.07. The molecule has 2 N–H and O–H groups in total. The lowest BCUT2D eigenvalue weighted by Crippen LogP contribution is -2.38. The van der Waals surface area contributed by atoms with E-state index in [2.05, 4.69) is 0 Å². The number of carboxylic acid groups (broad SMARTS) is 1. The fraction of sp³-hybridized carbons (Fsp3) is 0.300. The van der Waals surface area contributed by atoms with Crippen LogP contribution < -0.4 is 0 Å². The number of benzene rings is 1. The normalized spacial score (nSPS) is 17.1. The lowest BCUT2D eigenvalue weighted by Gasteiger charge is -2.26. The number of carbonyl (C=O) groups is 1. The molecule has 0 spiro atoms. The van der Waals surface area contributed by atoms with E-state index in [0.717, 1.165) is 0 Å². The molecule has 1 aromatic rings. The average Bonchev–Trinajstić information content (AvgIpc) is 2.18. The van der Waals surface area contributed by atoms with Crippen molar-refractivity contribution in [1.29, 1.82) is 0 Å². The molecule has 0 aliphatic carbocycles. The van der Waals surface area contributed by atoms with Crippen LogP contribution in [-0.2, 0) is 10.4 Å². The number of aliphatic carboxylic acids is 1. The first-order valence-electron chi connectivity index (χ1n) is 4.11. The van der Waals surface area contributed by atoms with Crippen LogP contribution in [0.3, 0.4) is 0 Å². The van der Waals surface area contributed by atoms with Crippen LogP contribution in [0.15, 0.2) is 30.3 Å². The molecule has 2 atom stereocenters. The molecule has 0 aromatic heterocycles. The second kappa shape index (κ2) is 3.98. The van der Waals surface area contributed by atoms with Gasteiger partial charge in [-0.1, -0.05) is 30.3 Å². The number of carboxylic acids is 1. The van der Waals surface area contributed by atoms with Gasteiger partial charge in [-0.15, -0.1) is 11.6 Å². The first kappa shape index (κ1) is 11.0. The van der Waals surface area contributed by atoms with Crippen LogP contribution >= 0.6 is 11.6 Å². The minimum absolute atomic E-state index is 0.488. The third kappa shape index (κ3) is 2.05. The van der Waals surface area contributed by atoms with Crippen molar-refractivity contribution >= 4 is 17.6 Å². The maximum Gasteiger partial charge on any atom is 0.324 e. The van der Waals surface area contributed by atoms with Gasteiger partial charge in [0.05, 0.1) is 0 Å². The quantitative estimate of drug-likeness (QED) is 0.752. The number of hydrogen-bond acceptors (Lipinski definition) is 2. The minimum atomic E-state index is -1.56. The SMILES string of the molecule is CC(O)(c1ccccc1)C(Cl)C(=O)O. The van der Waals surface area contributed by atoms with Gasteiger partial charge in [0.25, 0.3) is 0 Å². The molecule has 0 aliphatic heterocycles. The second-order valence-corrected chi connectivity index (χ2v) is 3.65. The van der Waals surface area contributed by atoms with Crippen molar-refractivity contribution < 1.29 is 15.0 Å². The van der Waals surface area contributed by atoms with Crippen LogP contribution in [0, 0.1) is 0 Å². The summed E-state index contributed by atoms with van der Waals surface area (Å²) in [5, 5.41) is 17.2. The molecule has 0 radical (unpaired) electrons. The Morgan fingerprint density at radius 3 is 2.36 bits per heavy atom. The van der Waals surface area contributed by atoms with Gasteiger partial charge in [-0.25, -0.2) is 0 Å². The lowest BCUT2D eigenvalue weighted by atomic mass is 9.92. The van der Waals surface area contributed by atoms with Crippen LogP contribution in [0.4, 0.5) is 0 Å². The summed E-state index contributed by atoms with van der Waals surface area (Å²) >= 11 is 5.59. The van der Waals surface area contributed by atoms with Gasteiger partial charge >= 0.3 is 5.97 Å². The highest BCUT2D eigenvalue weighted by Crippen LogP contribution is 2.28. The number of rotatable bonds is 3. The molecular formula is C10H11ClO3. The van der Waals surface area contributed by atoms with Crippen LogP contribution in [0.5, 0.6) is 0 Å². The van der Waals surface area contributed by atoms with Crippen molar-refractivity contribution in [2.24, 2.45) is 0 Å². The molecule has 0 aliphatic rings. The molecule has 76 valence electrons. The molecule has 14 heavy (non-hydrogen) atoms. The summed E-state index contributed by atoms with van der Waals surface area (Å²) in [6, 6.07) is 8.49. The Kier molecular flexibility index (Phi) is 3.13. The van der Waals surface area contributed by atoms with Gasteiger partial charge in [0, 0.05) is 0 Å². The van der Waals surface area contributed by atoms with Crippen molar-refractivity contribution in [3.8, 4) is 0 Å². The number of halogens is 1. The number of aliphatic hydroxyl groups is 1. The highest BCUT2D eigenvalue weighted by Gasteiger charge is 2.37. The summed E-state index contributed by atoms with van der Waals surface area (Å²) in [4.78, 5) is 10.6. The Hall–Kier alpha value is -1.06. The molecule has 1 aromatic carbocycles. The second-order valence-electron chi connectivity index (χ2n) is 3.21. The van der Waals surface area contributed by atoms with Gasteiger partial charge in [0.2, 0.25) is 0 Å². The van der Waals surface area contributed by atoms with E-state index in [0.29, 0.717) is 5.56 Å². The highest BCUT2D eigenvalue weighted by molar-refractivity contribution is 6.30. The monoisotopic (exact) mass is 214 g/mol. The van der Waals surface area contributed by atoms with Crippen molar-refractivity contribution in [2.45, 2.75) is 17.9 Å². The molecule has 1 rings (SSSR count). The van der Waals surface area contributed by atoms with Crippen molar-refractivity contribution in [1.82, 2.24) is 0 Å². The first-order valence-corrected chi connectivity index (χ1v) is 4.54. The summed E-state index contributed by atoms with van der Waals surface area (Å²) in [6.45, 7) is 1.38. The maximum absolute atomic E-state index is 10.6. The Bertz CT molecular complexity index is 321. The zero-order chi connectivity index (χ0) is 10.8. The van der Waals surface area contributed by atoms with Crippen molar-refractivity contribution in [3.63, 3.8) is 0 Å². The van der Waals surface area contributed by atoms with E-state index < -0.39 is 16.9 Å². The van der Waals surface area contributed by atoms with E-state index in [9.17, 15) is 9.90 Å². The summed E-state index contributed by atoms with van der Waals surface area (Å²) in [5.41, 5.74) is -1.07. The standard InChI is InChI=1S/C10H11ClO3/c1-10(14,8(11)9(12)13)7-5-3-2-4-6-7/h2-6,8,14H,1H3,(H,12,13). The Morgan fingerprint density at radius 2 is 1.93 bits per heavy atom. The fourth-order valence-corrected chi connectivity index (χ4v) is 1.29. The summed E-state index contributed by atoms with van der Waals surface area (Å²) in [6.07, 6.45) is 0.